The molecule has 1 aliphatic carbocycles. The van der Waals surface area contributed by atoms with E-state index < -0.39 is 9.89 Å². The van der Waals surface area contributed by atoms with Gasteiger partial charge in [-0.2, -0.15) is 0 Å². The summed E-state index contributed by atoms with van der Waals surface area (Å²) in [7, 11) is 0. The first-order valence-corrected chi connectivity index (χ1v) is 9.93. The summed E-state index contributed by atoms with van der Waals surface area (Å²) in [4.78, 5) is 14.1. The van der Waals surface area contributed by atoms with Crippen LogP contribution in [0, 0.1) is 0 Å². The number of hydrogen-bond donors (Lipinski definition) is 1. The quantitative estimate of drug-likeness (QED) is 0.399. The van der Waals surface area contributed by atoms with Gasteiger partial charge in [-0.1, -0.05) is 64.1 Å². The molecule has 0 heterocycles. The minimum absolute atomic E-state index is 0.0347. The van der Waals surface area contributed by atoms with Crippen LogP contribution in [0.15, 0.2) is 30.9 Å². The number of ether oxygens (including phenoxy) is 1. The Morgan fingerprint density at radius 2 is 2.04 bits per heavy atom. The summed E-state index contributed by atoms with van der Waals surface area (Å²) in [5.41, 5.74) is 0.838. The summed E-state index contributed by atoms with van der Waals surface area (Å²) in [6, 6.07) is 5.30. The average Bonchev–Trinajstić information content (AvgIpc) is 3.01. The summed E-state index contributed by atoms with van der Waals surface area (Å²) in [6.07, 6.45) is 3.80. The molecule has 1 saturated carbocycles. The first kappa shape index (κ1) is 21.8. The van der Waals surface area contributed by atoms with Gasteiger partial charge in [-0.15, -0.1) is 6.58 Å². The molecule has 0 aliphatic heterocycles. The van der Waals surface area contributed by atoms with E-state index in [1.807, 2.05) is 6.07 Å². The molecule has 1 aliphatic rings. The van der Waals surface area contributed by atoms with Crippen LogP contribution in [0.2, 0.25) is 10.0 Å². The maximum absolute atomic E-state index is 12.5. The number of anilines is 1. The Bertz CT molecular complexity index is 651. The third-order valence-corrected chi connectivity index (χ3v) is 5.14. The summed E-state index contributed by atoms with van der Waals surface area (Å²) >= 11 is 29.0. The van der Waals surface area contributed by atoms with Crippen molar-refractivity contribution >= 4 is 69.8 Å². The molecule has 0 spiro atoms. The van der Waals surface area contributed by atoms with Crippen LogP contribution in [0.4, 0.5) is 10.5 Å². The van der Waals surface area contributed by atoms with Crippen LogP contribution in [0.3, 0.4) is 0 Å². The highest BCUT2D eigenvalue weighted by Gasteiger charge is 2.36. The number of alkyl halides is 3. The third kappa shape index (κ3) is 6.28. The van der Waals surface area contributed by atoms with Gasteiger partial charge in [0.1, 0.15) is 6.61 Å². The molecule has 2 rings (SSSR count). The number of halogens is 5. The van der Waals surface area contributed by atoms with Crippen LogP contribution in [-0.4, -0.2) is 40.0 Å². The molecule has 2 atom stereocenters. The van der Waals surface area contributed by atoms with Crippen molar-refractivity contribution in [3.8, 4) is 0 Å². The minimum Gasteiger partial charge on any atom is -0.445 e. The molecule has 0 radical (unpaired) electrons. The van der Waals surface area contributed by atoms with Crippen LogP contribution < -0.4 is 5.32 Å². The van der Waals surface area contributed by atoms with Crippen molar-refractivity contribution in [1.82, 2.24) is 4.90 Å². The monoisotopic (exact) mass is 458 g/mol. The van der Waals surface area contributed by atoms with E-state index >= 15 is 0 Å². The van der Waals surface area contributed by atoms with E-state index in [1.165, 1.54) is 0 Å². The van der Waals surface area contributed by atoms with Gasteiger partial charge < -0.3 is 10.1 Å². The molecule has 1 fully saturated rings. The molecule has 144 valence electrons. The normalized spacial score (nSPS) is 19.9. The zero-order valence-electron chi connectivity index (χ0n) is 13.9. The highest BCUT2D eigenvalue weighted by atomic mass is 35.6. The van der Waals surface area contributed by atoms with Crippen molar-refractivity contribution in [2.45, 2.75) is 35.1 Å². The standard InChI is InChI=1S/C17H19Cl5N2O2/c1-2-8-24(16(25)26-10-17(20,21)22)15-5-3-4-14(15)23-11-6-7-12(18)13(19)9-11/h2,6-7,9,14-15,23H,1,3-5,8,10H2/t14-,15-/m1/s1. The highest BCUT2D eigenvalue weighted by Crippen LogP contribution is 2.31. The van der Waals surface area contributed by atoms with E-state index in [-0.39, 0.29) is 18.7 Å². The molecule has 4 nitrogen and oxygen atoms in total. The first-order valence-electron chi connectivity index (χ1n) is 8.04. The van der Waals surface area contributed by atoms with Gasteiger partial charge in [0.2, 0.25) is 3.79 Å². The Morgan fingerprint density at radius 3 is 2.65 bits per heavy atom. The van der Waals surface area contributed by atoms with E-state index in [2.05, 4.69) is 11.9 Å². The lowest BCUT2D eigenvalue weighted by molar-refractivity contribution is 0.0915. The van der Waals surface area contributed by atoms with Crippen LogP contribution in [0.5, 0.6) is 0 Å². The second-order valence-corrected chi connectivity index (χ2v) is 9.32. The highest BCUT2D eigenvalue weighted by molar-refractivity contribution is 6.67. The van der Waals surface area contributed by atoms with Crippen molar-refractivity contribution < 1.29 is 9.53 Å². The summed E-state index contributed by atoms with van der Waals surface area (Å²) in [6.45, 7) is 3.73. The predicted molar refractivity (Wildman–Crippen MR) is 110 cm³/mol. The van der Waals surface area contributed by atoms with E-state index in [0.717, 1.165) is 24.9 Å². The van der Waals surface area contributed by atoms with Crippen molar-refractivity contribution in [2.24, 2.45) is 0 Å². The summed E-state index contributed by atoms with van der Waals surface area (Å²) in [5, 5.41) is 4.38. The number of rotatable bonds is 6. The molecule has 1 amide bonds. The minimum atomic E-state index is -1.65. The Balaban J connectivity index is 2.09. The molecule has 9 heteroatoms. The number of amides is 1. The largest absolute Gasteiger partial charge is 0.445 e. The molecule has 1 N–H and O–H groups in total. The maximum Gasteiger partial charge on any atom is 0.410 e. The Hall–Kier alpha value is -0.520. The van der Waals surface area contributed by atoms with Crippen molar-refractivity contribution in [2.75, 3.05) is 18.5 Å². The molecular formula is C17H19Cl5N2O2. The fourth-order valence-corrected chi connectivity index (χ4v) is 3.45. The zero-order valence-corrected chi connectivity index (χ0v) is 17.6. The van der Waals surface area contributed by atoms with E-state index in [9.17, 15) is 4.79 Å². The lowest BCUT2D eigenvalue weighted by Gasteiger charge is -2.32. The molecule has 1 aromatic carbocycles. The maximum atomic E-state index is 12.5. The van der Waals surface area contributed by atoms with Crippen LogP contribution in [0.1, 0.15) is 19.3 Å². The summed E-state index contributed by atoms with van der Waals surface area (Å²) < 4.78 is 3.49. The van der Waals surface area contributed by atoms with E-state index in [1.54, 1.807) is 23.1 Å². The second kappa shape index (κ2) is 9.61. The van der Waals surface area contributed by atoms with Gasteiger partial charge in [0.25, 0.3) is 0 Å². The van der Waals surface area contributed by atoms with Crippen molar-refractivity contribution in [1.29, 1.82) is 0 Å². The SMILES string of the molecule is C=CCN(C(=O)OCC(Cl)(Cl)Cl)[C@@H]1CCC[C@H]1Nc1ccc(Cl)c(Cl)c1. The number of nitrogens with one attached hydrogen (secondary N) is 1. The molecule has 0 aromatic heterocycles. The number of carbonyl (C=O) groups is 1. The van der Waals surface area contributed by atoms with Crippen molar-refractivity contribution in [3.05, 3.63) is 40.9 Å². The first-order chi connectivity index (χ1) is 12.2. The lowest BCUT2D eigenvalue weighted by Crippen LogP contribution is -2.47. The van der Waals surface area contributed by atoms with Crippen LogP contribution in [-0.2, 0) is 4.74 Å². The Labute approximate surface area is 178 Å². The zero-order chi connectivity index (χ0) is 19.3. The number of carbonyl (C=O) groups excluding carboxylic acids is 1. The molecule has 1 aromatic rings. The number of benzene rings is 1. The predicted octanol–water partition coefficient (Wildman–Crippen LogP) is 6.32. The van der Waals surface area contributed by atoms with Gasteiger partial charge in [0.05, 0.1) is 16.1 Å². The van der Waals surface area contributed by atoms with Gasteiger partial charge in [-0.3, -0.25) is 4.90 Å². The lowest BCUT2D eigenvalue weighted by atomic mass is 10.1. The Kier molecular flexibility index (Phi) is 8.05. The molecule has 26 heavy (non-hydrogen) atoms. The Morgan fingerprint density at radius 1 is 1.31 bits per heavy atom. The number of hydrogen-bond acceptors (Lipinski definition) is 3. The average molecular weight is 461 g/mol. The van der Waals surface area contributed by atoms with Crippen LogP contribution >= 0.6 is 58.0 Å². The molecule has 0 unspecified atom stereocenters. The van der Waals surface area contributed by atoms with Gasteiger partial charge in [-0.05, 0) is 37.5 Å². The topological polar surface area (TPSA) is 41.6 Å². The second-order valence-electron chi connectivity index (χ2n) is 5.99. The van der Waals surface area contributed by atoms with Crippen molar-refractivity contribution in [3.63, 3.8) is 0 Å². The van der Waals surface area contributed by atoms with Gasteiger partial charge in [0, 0.05) is 18.3 Å². The van der Waals surface area contributed by atoms with Gasteiger partial charge >= 0.3 is 6.09 Å². The molecular weight excluding hydrogens is 441 g/mol. The third-order valence-electron chi connectivity index (χ3n) is 4.07. The van der Waals surface area contributed by atoms with E-state index in [4.69, 9.17) is 62.7 Å². The summed E-state index contributed by atoms with van der Waals surface area (Å²) in [5.74, 6) is 0. The molecule has 0 bridgehead atoms. The van der Waals surface area contributed by atoms with E-state index in [0.29, 0.717) is 16.6 Å². The van der Waals surface area contributed by atoms with Crippen LogP contribution in [0.25, 0.3) is 0 Å². The number of nitrogens with zero attached hydrogens (tertiary/aromatic N) is 1. The molecule has 0 saturated heterocycles. The van der Waals surface area contributed by atoms with Gasteiger partial charge in [0.15, 0.2) is 0 Å². The fraction of sp³-hybridized carbons (Fsp3) is 0.471. The van der Waals surface area contributed by atoms with Gasteiger partial charge in [-0.25, -0.2) is 4.79 Å². The fourth-order valence-electron chi connectivity index (χ4n) is 2.99. The smallest absolute Gasteiger partial charge is 0.410 e.